The number of hydrogen-bond acceptors (Lipinski definition) is 2. The Morgan fingerprint density at radius 1 is 1.05 bits per heavy atom. The van der Waals surface area contributed by atoms with Gasteiger partial charge in [0.1, 0.15) is 19.0 Å². The Morgan fingerprint density at radius 3 is 2.33 bits per heavy atom. The Labute approximate surface area is 139 Å². The van der Waals surface area contributed by atoms with Gasteiger partial charge >= 0.3 is 0 Å². The predicted molar refractivity (Wildman–Crippen MR) is 86.9 cm³/mol. The van der Waals surface area contributed by atoms with Crippen LogP contribution in [-0.4, -0.2) is 13.2 Å². The second-order valence-electron chi connectivity index (χ2n) is 4.82. The van der Waals surface area contributed by atoms with Gasteiger partial charge < -0.3 is 9.47 Å². The van der Waals surface area contributed by atoms with E-state index in [-0.39, 0.29) is 10.6 Å². The quantitative estimate of drug-likeness (QED) is 0.654. The van der Waals surface area contributed by atoms with Crippen LogP contribution in [0.2, 0.25) is 0 Å². The zero-order valence-electron chi connectivity index (χ0n) is 11.1. The highest BCUT2D eigenvalue weighted by Crippen LogP contribution is 2.41. The molecule has 0 saturated carbocycles. The second-order valence-corrected chi connectivity index (χ2v) is 6.78. The van der Waals surface area contributed by atoms with Gasteiger partial charge in [0.05, 0.1) is 0 Å². The minimum atomic E-state index is -0.217. The van der Waals surface area contributed by atoms with Gasteiger partial charge in [-0.05, 0) is 41.8 Å². The lowest BCUT2D eigenvalue weighted by molar-refractivity contribution is 0.171. The first-order valence-corrected chi connectivity index (χ1v) is 8.32. The molecule has 21 heavy (non-hydrogen) atoms. The standard InChI is InChI=1S/C16H13Br2FO2/c17-13(7-10-1-3-11(19)4-2-10)12-8-15-16(9-14(12)18)21-6-5-20-15/h1-4,8-9,13H,5-7H2. The van der Waals surface area contributed by atoms with Crippen LogP contribution in [-0.2, 0) is 6.42 Å². The maximum absolute atomic E-state index is 13.0. The molecule has 0 bridgehead atoms. The molecule has 0 N–H and O–H groups in total. The molecule has 2 aromatic carbocycles. The normalized spacial score (nSPS) is 14.8. The highest BCUT2D eigenvalue weighted by molar-refractivity contribution is 9.11. The monoisotopic (exact) mass is 414 g/mol. The molecule has 1 heterocycles. The Morgan fingerprint density at radius 2 is 1.67 bits per heavy atom. The number of ether oxygens (including phenoxy) is 2. The maximum Gasteiger partial charge on any atom is 0.162 e. The van der Waals surface area contributed by atoms with Gasteiger partial charge in [0, 0.05) is 9.30 Å². The first-order valence-electron chi connectivity index (χ1n) is 6.61. The number of hydrogen-bond donors (Lipinski definition) is 0. The fourth-order valence-electron chi connectivity index (χ4n) is 2.26. The third kappa shape index (κ3) is 3.40. The van der Waals surface area contributed by atoms with E-state index in [4.69, 9.17) is 9.47 Å². The van der Waals surface area contributed by atoms with Crippen molar-refractivity contribution in [3.8, 4) is 11.5 Å². The topological polar surface area (TPSA) is 18.5 Å². The fraction of sp³-hybridized carbons (Fsp3) is 0.250. The minimum Gasteiger partial charge on any atom is -0.486 e. The van der Waals surface area contributed by atoms with Crippen LogP contribution in [0.1, 0.15) is 16.0 Å². The average molecular weight is 416 g/mol. The van der Waals surface area contributed by atoms with E-state index in [0.717, 1.165) is 33.5 Å². The summed E-state index contributed by atoms with van der Waals surface area (Å²) in [4.78, 5) is 0.105. The van der Waals surface area contributed by atoms with Crippen molar-refractivity contribution in [3.05, 3.63) is 57.8 Å². The van der Waals surface area contributed by atoms with Gasteiger partial charge in [0.25, 0.3) is 0 Å². The molecule has 2 aromatic rings. The Kier molecular flexibility index (Phi) is 4.50. The van der Waals surface area contributed by atoms with E-state index in [1.54, 1.807) is 12.1 Å². The van der Waals surface area contributed by atoms with Crippen LogP contribution < -0.4 is 9.47 Å². The van der Waals surface area contributed by atoms with Gasteiger partial charge in [-0.1, -0.05) is 44.0 Å². The molecule has 0 radical (unpaired) electrons. The van der Waals surface area contributed by atoms with Crippen molar-refractivity contribution >= 4 is 31.9 Å². The molecule has 0 amide bonds. The fourth-order valence-corrected chi connectivity index (χ4v) is 3.92. The first-order chi connectivity index (χ1) is 10.1. The van der Waals surface area contributed by atoms with Gasteiger partial charge in [0.15, 0.2) is 11.5 Å². The lowest BCUT2D eigenvalue weighted by atomic mass is 10.0. The SMILES string of the molecule is Fc1ccc(CC(Br)c2cc3c(cc2Br)OCCO3)cc1. The molecule has 5 heteroatoms. The molecule has 1 aliphatic heterocycles. The molecule has 1 atom stereocenters. The minimum absolute atomic E-state index is 0.105. The third-order valence-electron chi connectivity index (χ3n) is 3.33. The van der Waals surface area contributed by atoms with Crippen LogP contribution in [0.15, 0.2) is 40.9 Å². The van der Waals surface area contributed by atoms with Gasteiger partial charge in [-0.2, -0.15) is 0 Å². The Hall–Kier alpha value is -1.07. The molecule has 3 rings (SSSR count). The van der Waals surface area contributed by atoms with Gasteiger partial charge in [-0.15, -0.1) is 0 Å². The van der Waals surface area contributed by atoms with Crippen molar-refractivity contribution in [2.24, 2.45) is 0 Å². The number of halogens is 3. The molecule has 0 spiro atoms. The molecule has 0 aromatic heterocycles. The molecule has 1 aliphatic rings. The maximum atomic E-state index is 13.0. The van der Waals surface area contributed by atoms with Crippen molar-refractivity contribution in [1.82, 2.24) is 0 Å². The van der Waals surface area contributed by atoms with E-state index in [1.165, 1.54) is 12.1 Å². The summed E-state index contributed by atoms with van der Waals surface area (Å²) in [6.45, 7) is 1.14. The molecule has 0 fully saturated rings. The van der Waals surface area contributed by atoms with Gasteiger partial charge in [0.2, 0.25) is 0 Å². The van der Waals surface area contributed by atoms with E-state index < -0.39 is 0 Å². The molecular weight excluding hydrogens is 403 g/mol. The summed E-state index contributed by atoms with van der Waals surface area (Å²) in [6.07, 6.45) is 0.762. The summed E-state index contributed by atoms with van der Waals surface area (Å²) in [5.41, 5.74) is 2.16. The molecule has 2 nitrogen and oxygen atoms in total. The number of rotatable bonds is 3. The summed E-state index contributed by atoms with van der Waals surface area (Å²) < 4.78 is 25.1. The average Bonchev–Trinajstić information content (AvgIpc) is 2.49. The van der Waals surface area contributed by atoms with E-state index >= 15 is 0 Å². The van der Waals surface area contributed by atoms with E-state index in [0.29, 0.717) is 13.2 Å². The van der Waals surface area contributed by atoms with Crippen LogP contribution in [0, 0.1) is 5.82 Å². The summed E-state index contributed by atoms with van der Waals surface area (Å²) in [5.74, 6) is 1.31. The van der Waals surface area contributed by atoms with Crippen LogP contribution in [0.5, 0.6) is 11.5 Å². The Balaban J connectivity index is 1.83. The number of fused-ring (bicyclic) bond motifs is 1. The van der Waals surface area contributed by atoms with E-state index in [2.05, 4.69) is 31.9 Å². The van der Waals surface area contributed by atoms with E-state index in [9.17, 15) is 4.39 Å². The number of alkyl halides is 1. The molecule has 1 unspecified atom stereocenters. The third-order valence-corrected chi connectivity index (χ3v) is 4.83. The van der Waals surface area contributed by atoms with Crippen molar-refractivity contribution < 1.29 is 13.9 Å². The van der Waals surface area contributed by atoms with Crippen LogP contribution in [0.3, 0.4) is 0 Å². The van der Waals surface area contributed by atoms with Crippen LogP contribution in [0.4, 0.5) is 4.39 Å². The van der Waals surface area contributed by atoms with Crippen molar-refractivity contribution in [3.63, 3.8) is 0 Å². The zero-order valence-corrected chi connectivity index (χ0v) is 14.3. The summed E-state index contributed by atoms with van der Waals surface area (Å²) in [7, 11) is 0. The van der Waals surface area contributed by atoms with Crippen molar-refractivity contribution in [2.45, 2.75) is 11.2 Å². The van der Waals surface area contributed by atoms with Crippen molar-refractivity contribution in [1.29, 1.82) is 0 Å². The second kappa shape index (κ2) is 6.36. The smallest absolute Gasteiger partial charge is 0.162 e. The molecule has 110 valence electrons. The summed E-state index contributed by atoms with van der Waals surface area (Å²) in [6, 6.07) is 10.5. The summed E-state index contributed by atoms with van der Waals surface area (Å²) >= 11 is 7.28. The summed E-state index contributed by atoms with van der Waals surface area (Å²) in [5, 5.41) is 0. The Bertz CT molecular complexity index is 643. The lowest BCUT2D eigenvalue weighted by Gasteiger charge is -2.21. The van der Waals surface area contributed by atoms with E-state index in [1.807, 2.05) is 12.1 Å². The van der Waals surface area contributed by atoms with Crippen LogP contribution in [0.25, 0.3) is 0 Å². The first kappa shape index (κ1) is 14.9. The van der Waals surface area contributed by atoms with Gasteiger partial charge in [-0.25, -0.2) is 4.39 Å². The highest BCUT2D eigenvalue weighted by Gasteiger charge is 2.19. The van der Waals surface area contributed by atoms with Gasteiger partial charge in [-0.3, -0.25) is 0 Å². The largest absolute Gasteiger partial charge is 0.486 e. The lowest BCUT2D eigenvalue weighted by Crippen LogP contribution is -2.15. The van der Waals surface area contributed by atoms with Crippen LogP contribution >= 0.6 is 31.9 Å². The zero-order chi connectivity index (χ0) is 14.8. The molecule has 0 aliphatic carbocycles. The van der Waals surface area contributed by atoms with Crippen molar-refractivity contribution in [2.75, 3.05) is 13.2 Å². The predicted octanol–water partition coefficient (Wildman–Crippen LogP) is 5.04. The number of benzene rings is 2. The molecule has 0 saturated heterocycles. The highest BCUT2D eigenvalue weighted by atomic mass is 79.9. The molecular formula is C16H13Br2FO2.